The molecule has 7 unspecified atom stereocenters. The van der Waals surface area contributed by atoms with Gasteiger partial charge in [-0.2, -0.15) is 0 Å². The van der Waals surface area contributed by atoms with Gasteiger partial charge in [0.15, 0.2) is 6.29 Å². The molecule has 0 aromatic carbocycles. The van der Waals surface area contributed by atoms with Gasteiger partial charge >= 0.3 is 0 Å². The number of rotatable bonds is 30. The topological polar surface area (TPSA) is 149 Å². The second kappa shape index (κ2) is 31.6. The first-order chi connectivity index (χ1) is 24.3. The molecule has 1 heterocycles. The molecule has 0 aromatic heterocycles. The minimum absolute atomic E-state index is 0.220. The molecule has 0 radical (unpaired) electrons. The number of amides is 1. The fourth-order valence-corrected chi connectivity index (χ4v) is 5.69. The molecule has 9 nitrogen and oxygen atoms in total. The first-order valence-electron chi connectivity index (χ1n) is 19.5. The average Bonchev–Trinajstić information content (AvgIpc) is 3.11. The minimum atomic E-state index is -1.58. The minimum Gasteiger partial charge on any atom is -0.394 e. The fraction of sp³-hybridized carbons (Fsp3) is 0.732. The standard InChI is InChI=1S/C41H71NO8/c1-3-5-7-9-11-13-15-17-19-20-22-24-26-28-30-35(44)34(33-49-41-40(48)39(47)38(46)36(32-43)50-41)42-37(45)31-29-27-25-23-21-18-16-14-12-10-8-6-4-2/h6,8,12,14,18,21,25,27-28,30,34-36,38-41,43-44,46-48H,3-5,7,9-11,13,15-17,19-20,22-24,26,29,31-33H2,1-2H3,(H,42,45)/b8-6-,14-12-,21-18-,27-25-,30-28+. The summed E-state index contributed by atoms with van der Waals surface area (Å²) < 4.78 is 11.1. The smallest absolute Gasteiger partial charge is 0.220 e. The van der Waals surface area contributed by atoms with Gasteiger partial charge in [-0.25, -0.2) is 0 Å². The van der Waals surface area contributed by atoms with Crippen LogP contribution in [-0.2, 0) is 14.3 Å². The van der Waals surface area contributed by atoms with Gasteiger partial charge in [0.05, 0.1) is 25.4 Å². The fourth-order valence-electron chi connectivity index (χ4n) is 5.69. The van der Waals surface area contributed by atoms with Gasteiger partial charge in [-0.05, 0) is 44.9 Å². The van der Waals surface area contributed by atoms with Gasteiger partial charge in [0.25, 0.3) is 0 Å². The van der Waals surface area contributed by atoms with E-state index in [1.165, 1.54) is 64.2 Å². The third-order valence-corrected chi connectivity index (χ3v) is 8.86. The highest BCUT2D eigenvalue weighted by molar-refractivity contribution is 5.76. The van der Waals surface area contributed by atoms with Crippen molar-refractivity contribution in [3.63, 3.8) is 0 Å². The van der Waals surface area contributed by atoms with Gasteiger partial charge in [0, 0.05) is 6.42 Å². The van der Waals surface area contributed by atoms with Crippen molar-refractivity contribution in [3.8, 4) is 0 Å². The third kappa shape index (κ3) is 22.7. The molecule has 1 rings (SSSR count). The average molecular weight is 706 g/mol. The first kappa shape index (κ1) is 45.9. The van der Waals surface area contributed by atoms with Crippen LogP contribution in [0.25, 0.3) is 0 Å². The summed E-state index contributed by atoms with van der Waals surface area (Å²) in [4.78, 5) is 12.8. The number of hydrogen-bond donors (Lipinski definition) is 6. The predicted molar refractivity (Wildman–Crippen MR) is 202 cm³/mol. The van der Waals surface area contributed by atoms with Crippen molar-refractivity contribution in [2.24, 2.45) is 0 Å². The third-order valence-electron chi connectivity index (χ3n) is 8.86. The molecule has 6 N–H and O–H groups in total. The summed E-state index contributed by atoms with van der Waals surface area (Å²) in [5, 5.41) is 53.8. The summed E-state index contributed by atoms with van der Waals surface area (Å²) in [6.45, 7) is 3.57. The lowest BCUT2D eigenvalue weighted by Crippen LogP contribution is -2.60. The Labute approximate surface area is 303 Å². The zero-order valence-electron chi connectivity index (χ0n) is 31.1. The van der Waals surface area contributed by atoms with Gasteiger partial charge in [0.2, 0.25) is 5.91 Å². The highest BCUT2D eigenvalue weighted by Crippen LogP contribution is 2.22. The molecule has 50 heavy (non-hydrogen) atoms. The van der Waals surface area contributed by atoms with E-state index in [9.17, 15) is 30.3 Å². The maximum atomic E-state index is 12.8. The lowest BCUT2D eigenvalue weighted by molar-refractivity contribution is -0.302. The quantitative estimate of drug-likeness (QED) is 0.0350. The number of allylic oxidation sites excluding steroid dienone is 9. The van der Waals surface area contributed by atoms with E-state index in [1.807, 2.05) is 18.2 Å². The number of ether oxygens (including phenoxy) is 2. The molecule has 0 bridgehead atoms. The Hall–Kier alpha value is -2.11. The number of unbranched alkanes of at least 4 members (excludes halogenated alkanes) is 12. The van der Waals surface area contributed by atoms with E-state index in [0.717, 1.165) is 44.9 Å². The Morgan fingerprint density at radius 1 is 0.700 bits per heavy atom. The molecule has 1 amide bonds. The second-order valence-electron chi connectivity index (χ2n) is 13.3. The molecular weight excluding hydrogens is 634 g/mol. The predicted octanol–water partition coefficient (Wildman–Crippen LogP) is 6.88. The Balaban J connectivity index is 2.52. The summed E-state index contributed by atoms with van der Waals surface area (Å²) >= 11 is 0. The summed E-state index contributed by atoms with van der Waals surface area (Å²) in [6, 6.07) is -0.842. The van der Waals surface area contributed by atoms with Crippen molar-refractivity contribution in [2.75, 3.05) is 13.2 Å². The Bertz CT molecular complexity index is 962. The number of carbonyl (C=O) groups is 1. The van der Waals surface area contributed by atoms with Gasteiger partial charge in [-0.1, -0.05) is 145 Å². The van der Waals surface area contributed by atoms with Gasteiger partial charge < -0.3 is 40.3 Å². The molecule has 9 heteroatoms. The maximum absolute atomic E-state index is 12.8. The van der Waals surface area contributed by atoms with Crippen molar-refractivity contribution in [3.05, 3.63) is 60.8 Å². The van der Waals surface area contributed by atoms with Crippen LogP contribution in [0.3, 0.4) is 0 Å². The van der Waals surface area contributed by atoms with E-state index in [1.54, 1.807) is 6.08 Å². The van der Waals surface area contributed by atoms with Crippen LogP contribution in [0.4, 0.5) is 0 Å². The Morgan fingerprint density at radius 2 is 1.24 bits per heavy atom. The number of nitrogens with one attached hydrogen (secondary N) is 1. The summed E-state index contributed by atoms with van der Waals surface area (Å²) in [6.07, 6.45) is 32.7. The molecule has 0 spiro atoms. The monoisotopic (exact) mass is 706 g/mol. The van der Waals surface area contributed by atoms with Crippen LogP contribution in [0.1, 0.15) is 136 Å². The summed E-state index contributed by atoms with van der Waals surface area (Å²) in [7, 11) is 0. The second-order valence-corrected chi connectivity index (χ2v) is 13.3. The molecule has 0 aliphatic carbocycles. The molecule has 0 aromatic rings. The molecule has 1 aliphatic heterocycles. The zero-order chi connectivity index (χ0) is 36.7. The van der Waals surface area contributed by atoms with Crippen molar-refractivity contribution in [1.29, 1.82) is 0 Å². The molecule has 288 valence electrons. The van der Waals surface area contributed by atoms with Crippen LogP contribution >= 0.6 is 0 Å². The van der Waals surface area contributed by atoms with E-state index in [4.69, 9.17) is 9.47 Å². The largest absolute Gasteiger partial charge is 0.394 e. The molecule has 1 saturated heterocycles. The van der Waals surface area contributed by atoms with Gasteiger partial charge in [-0.3, -0.25) is 4.79 Å². The number of aliphatic hydroxyl groups excluding tert-OH is 5. The number of carbonyl (C=O) groups excluding carboxylic acids is 1. The van der Waals surface area contributed by atoms with E-state index in [0.29, 0.717) is 6.42 Å². The van der Waals surface area contributed by atoms with Crippen molar-refractivity contribution in [2.45, 2.75) is 179 Å². The van der Waals surface area contributed by atoms with Gasteiger partial charge in [0.1, 0.15) is 24.4 Å². The molecule has 1 aliphatic rings. The molecule has 0 saturated carbocycles. The van der Waals surface area contributed by atoms with Crippen molar-refractivity contribution in [1.82, 2.24) is 5.32 Å². The molecule has 7 atom stereocenters. The van der Waals surface area contributed by atoms with E-state index < -0.39 is 49.5 Å². The van der Waals surface area contributed by atoms with Crippen LogP contribution in [0.15, 0.2) is 60.8 Å². The zero-order valence-corrected chi connectivity index (χ0v) is 31.1. The number of aliphatic hydroxyl groups is 5. The van der Waals surface area contributed by atoms with Crippen LogP contribution in [0.2, 0.25) is 0 Å². The highest BCUT2D eigenvalue weighted by atomic mass is 16.7. The van der Waals surface area contributed by atoms with Crippen LogP contribution in [0.5, 0.6) is 0 Å². The van der Waals surface area contributed by atoms with E-state index in [-0.39, 0.29) is 18.9 Å². The van der Waals surface area contributed by atoms with E-state index >= 15 is 0 Å². The van der Waals surface area contributed by atoms with E-state index in [2.05, 4.69) is 55.6 Å². The summed E-state index contributed by atoms with van der Waals surface area (Å²) in [5.74, 6) is -0.261. The van der Waals surface area contributed by atoms with Gasteiger partial charge in [-0.15, -0.1) is 0 Å². The lowest BCUT2D eigenvalue weighted by atomic mass is 9.99. The lowest BCUT2D eigenvalue weighted by Gasteiger charge is -2.40. The Morgan fingerprint density at radius 3 is 1.80 bits per heavy atom. The highest BCUT2D eigenvalue weighted by Gasteiger charge is 2.44. The number of hydrogen-bond acceptors (Lipinski definition) is 8. The normalized spacial score (nSPS) is 22.9. The van der Waals surface area contributed by atoms with Crippen LogP contribution in [0, 0.1) is 0 Å². The maximum Gasteiger partial charge on any atom is 0.220 e. The SMILES string of the molecule is CC/C=C\C/C=C\C/C=C\C/C=C\CCC(=O)NC(COC1OC(CO)C(O)C(O)C1O)C(O)/C=C/CCCCCCCCCCCCCC. The van der Waals surface area contributed by atoms with Crippen molar-refractivity contribution >= 4 is 5.91 Å². The van der Waals surface area contributed by atoms with Crippen LogP contribution < -0.4 is 5.32 Å². The summed E-state index contributed by atoms with van der Waals surface area (Å²) in [5.41, 5.74) is 0. The van der Waals surface area contributed by atoms with Crippen molar-refractivity contribution < 1.29 is 39.8 Å². The molecular formula is C41H71NO8. The first-order valence-corrected chi connectivity index (χ1v) is 19.5. The molecule has 1 fully saturated rings. The van der Waals surface area contributed by atoms with Crippen LogP contribution in [-0.4, -0.2) is 87.5 Å². The Kier molecular flexibility index (Phi) is 29.0.